The number of aryl methyl sites for hydroxylation is 1. The predicted molar refractivity (Wildman–Crippen MR) is 78.6 cm³/mol. The van der Waals surface area contributed by atoms with E-state index in [0.717, 1.165) is 11.1 Å². The molecule has 2 aromatic rings. The summed E-state index contributed by atoms with van der Waals surface area (Å²) in [4.78, 5) is 3.90. The van der Waals surface area contributed by atoms with Crippen LogP contribution in [0.15, 0.2) is 47.5 Å². The Balaban J connectivity index is 2.19. The van der Waals surface area contributed by atoms with Crippen molar-refractivity contribution in [2.24, 2.45) is 0 Å². The summed E-state index contributed by atoms with van der Waals surface area (Å²) in [7, 11) is -3.60. The van der Waals surface area contributed by atoms with E-state index >= 15 is 0 Å². The van der Waals surface area contributed by atoms with Crippen molar-refractivity contribution in [3.63, 3.8) is 0 Å². The number of pyridine rings is 1. The van der Waals surface area contributed by atoms with E-state index in [1.807, 2.05) is 31.2 Å². The van der Waals surface area contributed by atoms with Crippen molar-refractivity contribution in [3.8, 4) is 0 Å². The predicted octanol–water partition coefficient (Wildman–Crippen LogP) is 2.01. The fourth-order valence-electron chi connectivity index (χ4n) is 1.77. The Morgan fingerprint density at radius 3 is 2.35 bits per heavy atom. The number of sulfonamides is 1. The van der Waals surface area contributed by atoms with Crippen molar-refractivity contribution in [2.45, 2.75) is 24.8 Å². The Labute approximate surface area is 118 Å². The molecule has 1 aromatic heterocycles. The van der Waals surface area contributed by atoms with Crippen LogP contribution in [-0.4, -0.2) is 13.4 Å². The molecule has 1 unspecified atom stereocenters. The highest BCUT2D eigenvalue weighted by molar-refractivity contribution is 7.89. The zero-order chi connectivity index (χ0) is 14.8. The van der Waals surface area contributed by atoms with Crippen LogP contribution in [0.4, 0.5) is 5.82 Å². The Bertz CT molecular complexity index is 679. The van der Waals surface area contributed by atoms with Gasteiger partial charge in [-0.1, -0.05) is 29.8 Å². The average Bonchev–Trinajstić information content (AvgIpc) is 2.39. The third-order valence-electron chi connectivity index (χ3n) is 2.98. The number of benzene rings is 1. The summed E-state index contributed by atoms with van der Waals surface area (Å²) >= 11 is 0. The van der Waals surface area contributed by atoms with Gasteiger partial charge in [-0.15, -0.1) is 0 Å². The van der Waals surface area contributed by atoms with E-state index < -0.39 is 10.0 Å². The van der Waals surface area contributed by atoms with Crippen LogP contribution in [0.5, 0.6) is 0 Å². The molecular formula is C14H17N3O2S. The van der Waals surface area contributed by atoms with Gasteiger partial charge in [0.1, 0.15) is 10.7 Å². The molecule has 20 heavy (non-hydrogen) atoms. The second-order valence-electron chi connectivity index (χ2n) is 4.67. The monoisotopic (exact) mass is 291 g/mol. The molecule has 0 bridgehead atoms. The molecule has 6 heteroatoms. The van der Waals surface area contributed by atoms with Crippen molar-refractivity contribution < 1.29 is 8.42 Å². The largest absolute Gasteiger partial charge is 0.384 e. The van der Waals surface area contributed by atoms with Crippen molar-refractivity contribution >= 4 is 15.8 Å². The first-order chi connectivity index (χ1) is 9.38. The summed E-state index contributed by atoms with van der Waals surface area (Å²) in [5.41, 5.74) is 7.49. The van der Waals surface area contributed by atoms with Crippen LogP contribution in [0.25, 0.3) is 0 Å². The highest BCUT2D eigenvalue weighted by atomic mass is 32.2. The molecule has 0 saturated heterocycles. The minimum Gasteiger partial charge on any atom is -0.384 e. The van der Waals surface area contributed by atoms with Gasteiger partial charge in [0.05, 0.1) is 0 Å². The number of hydrogen-bond acceptors (Lipinski definition) is 4. The van der Waals surface area contributed by atoms with E-state index in [2.05, 4.69) is 9.71 Å². The number of nitrogens with one attached hydrogen (secondary N) is 1. The molecule has 0 saturated carbocycles. The van der Waals surface area contributed by atoms with E-state index in [1.165, 1.54) is 18.3 Å². The summed E-state index contributed by atoms with van der Waals surface area (Å²) in [5, 5.41) is 0. The molecule has 0 amide bonds. The van der Waals surface area contributed by atoms with Gasteiger partial charge >= 0.3 is 0 Å². The van der Waals surface area contributed by atoms with Crippen LogP contribution in [0.1, 0.15) is 24.1 Å². The molecule has 106 valence electrons. The lowest BCUT2D eigenvalue weighted by Crippen LogP contribution is -2.27. The van der Waals surface area contributed by atoms with E-state index in [0.29, 0.717) is 0 Å². The molecule has 5 nitrogen and oxygen atoms in total. The number of nitrogens with two attached hydrogens (primary N) is 1. The maximum atomic E-state index is 12.2. The second kappa shape index (κ2) is 5.60. The first-order valence-electron chi connectivity index (χ1n) is 6.19. The number of hydrogen-bond donors (Lipinski definition) is 2. The van der Waals surface area contributed by atoms with Gasteiger partial charge in [-0.2, -0.15) is 0 Å². The average molecular weight is 291 g/mol. The van der Waals surface area contributed by atoms with Crippen LogP contribution in [0.3, 0.4) is 0 Å². The van der Waals surface area contributed by atoms with Crippen LogP contribution in [-0.2, 0) is 10.0 Å². The van der Waals surface area contributed by atoms with Crippen molar-refractivity contribution in [1.29, 1.82) is 0 Å². The summed E-state index contributed by atoms with van der Waals surface area (Å²) in [6, 6.07) is 10.3. The van der Waals surface area contributed by atoms with E-state index in [4.69, 9.17) is 5.73 Å². The van der Waals surface area contributed by atoms with Crippen molar-refractivity contribution in [2.75, 3.05) is 5.73 Å². The van der Waals surface area contributed by atoms with Crippen molar-refractivity contribution in [1.82, 2.24) is 9.71 Å². The highest BCUT2D eigenvalue weighted by Crippen LogP contribution is 2.17. The smallest absolute Gasteiger partial charge is 0.242 e. The molecule has 0 spiro atoms. The first kappa shape index (κ1) is 14.5. The van der Waals surface area contributed by atoms with Gasteiger partial charge in [0, 0.05) is 12.2 Å². The molecular weight excluding hydrogens is 274 g/mol. The molecule has 0 aliphatic rings. The van der Waals surface area contributed by atoms with Gasteiger partial charge in [-0.3, -0.25) is 0 Å². The zero-order valence-electron chi connectivity index (χ0n) is 11.4. The number of anilines is 1. The molecule has 1 aromatic carbocycles. The molecule has 0 radical (unpaired) electrons. The zero-order valence-corrected chi connectivity index (χ0v) is 12.2. The number of nitrogen functional groups attached to an aromatic ring is 1. The molecule has 0 aliphatic heterocycles. The lowest BCUT2D eigenvalue weighted by molar-refractivity contribution is 0.566. The van der Waals surface area contributed by atoms with Gasteiger partial charge in [0.2, 0.25) is 10.0 Å². The Morgan fingerprint density at radius 1 is 1.15 bits per heavy atom. The van der Waals surface area contributed by atoms with E-state index in [9.17, 15) is 8.42 Å². The lowest BCUT2D eigenvalue weighted by Gasteiger charge is -2.14. The first-order valence-corrected chi connectivity index (χ1v) is 7.67. The fraction of sp³-hybridized carbons (Fsp3) is 0.214. The topological polar surface area (TPSA) is 85.1 Å². The quantitative estimate of drug-likeness (QED) is 0.902. The Morgan fingerprint density at radius 2 is 1.80 bits per heavy atom. The highest BCUT2D eigenvalue weighted by Gasteiger charge is 2.18. The normalized spacial score (nSPS) is 13.1. The van der Waals surface area contributed by atoms with Crippen molar-refractivity contribution in [3.05, 3.63) is 53.7 Å². The third kappa shape index (κ3) is 3.34. The van der Waals surface area contributed by atoms with E-state index in [1.54, 1.807) is 6.92 Å². The molecule has 0 fully saturated rings. The maximum Gasteiger partial charge on any atom is 0.242 e. The SMILES string of the molecule is Cc1ccc(C(C)NS(=O)(=O)c2ccc(N)nc2)cc1. The Hall–Kier alpha value is -1.92. The summed E-state index contributed by atoms with van der Waals surface area (Å²) < 4.78 is 27.0. The van der Waals surface area contributed by atoms with E-state index in [-0.39, 0.29) is 16.8 Å². The Kier molecular flexibility index (Phi) is 4.06. The number of aromatic nitrogens is 1. The van der Waals surface area contributed by atoms with Crippen LogP contribution in [0.2, 0.25) is 0 Å². The molecule has 1 atom stereocenters. The molecule has 3 N–H and O–H groups in total. The summed E-state index contributed by atoms with van der Waals surface area (Å²) in [5.74, 6) is 0.288. The fourth-order valence-corrected chi connectivity index (χ4v) is 2.95. The van der Waals surface area contributed by atoms with Gasteiger partial charge in [0.15, 0.2) is 0 Å². The molecule has 1 heterocycles. The minimum absolute atomic E-state index is 0.102. The summed E-state index contributed by atoms with van der Waals surface area (Å²) in [6.07, 6.45) is 1.25. The number of nitrogens with zero attached hydrogens (tertiary/aromatic N) is 1. The summed E-state index contributed by atoms with van der Waals surface area (Å²) in [6.45, 7) is 3.78. The second-order valence-corrected chi connectivity index (χ2v) is 6.39. The maximum absolute atomic E-state index is 12.2. The number of rotatable bonds is 4. The van der Waals surface area contributed by atoms with Crippen LogP contribution < -0.4 is 10.5 Å². The molecule has 0 aliphatic carbocycles. The third-order valence-corrected chi connectivity index (χ3v) is 4.50. The van der Waals surface area contributed by atoms with Crippen LogP contribution in [0, 0.1) is 6.92 Å². The van der Waals surface area contributed by atoms with Gasteiger partial charge in [-0.25, -0.2) is 18.1 Å². The van der Waals surface area contributed by atoms with Crippen LogP contribution >= 0.6 is 0 Å². The van der Waals surface area contributed by atoms with Gasteiger partial charge in [-0.05, 0) is 31.5 Å². The lowest BCUT2D eigenvalue weighted by atomic mass is 10.1. The van der Waals surface area contributed by atoms with Gasteiger partial charge in [0.25, 0.3) is 0 Å². The van der Waals surface area contributed by atoms with Gasteiger partial charge < -0.3 is 5.73 Å². The standard InChI is InChI=1S/C14H17N3O2S/c1-10-3-5-12(6-4-10)11(2)17-20(18,19)13-7-8-14(15)16-9-13/h3-9,11,17H,1-2H3,(H2,15,16). The molecule has 2 rings (SSSR count). The minimum atomic E-state index is -3.60.